The second-order valence-electron chi connectivity index (χ2n) is 5.59. The van der Waals surface area contributed by atoms with Crippen LogP contribution >= 0.6 is 11.3 Å². The third kappa shape index (κ3) is 2.72. The number of anilines is 1. The highest BCUT2D eigenvalue weighted by Crippen LogP contribution is 2.31. The minimum absolute atomic E-state index is 0.178. The van der Waals surface area contributed by atoms with Crippen molar-refractivity contribution >= 4 is 22.3 Å². The summed E-state index contributed by atoms with van der Waals surface area (Å²) in [4.78, 5) is 19.8. The van der Waals surface area contributed by atoms with E-state index >= 15 is 0 Å². The Labute approximate surface area is 112 Å². The molecule has 18 heavy (non-hydrogen) atoms. The van der Waals surface area contributed by atoms with Crippen molar-refractivity contribution in [2.75, 3.05) is 31.2 Å². The molecule has 1 aliphatic heterocycles. The molecule has 4 nitrogen and oxygen atoms in total. The summed E-state index contributed by atoms with van der Waals surface area (Å²) < 4.78 is 5.33. The summed E-state index contributed by atoms with van der Waals surface area (Å²) >= 11 is 1.51. The Morgan fingerprint density at radius 2 is 1.94 bits per heavy atom. The van der Waals surface area contributed by atoms with Gasteiger partial charge in [0.05, 0.1) is 23.8 Å². The number of nitrogens with zero attached hydrogens (tertiary/aromatic N) is 2. The minimum atomic E-state index is -0.348. The standard InChI is InChI=1S/C13H20N2O2S/c1-9-10(11(16)13(2,3)4)18-12(14-9)15-5-7-17-8-6-15/h5-8H2,1-4H3. The van der Waals surface area contributed by atoms with Gasteiger partial charge in [-0.05, 0) is 6.92 Å². The summed E-state index contributed by atoms with van der Waals surface area (Å²) in [5.74, 6) is 0.178. The van der Waals surface area contributed by atoms with Crippen molar-refractivity contribution in [3.05, 3.63) is 10.6 Å². The predicted molar refractivity (Wildman–Crippen MR) is 73.7 cm³/mol. The van der Waals surface area contributed by atoms with Crippen LogP contribution in [0.1, 0.15) is 36.1 Å². The third-order valence-electron chi connectivity index (χ3n) is 2.95. The van der Waals surface area contributed by atoms with E-state index in [2.05, 4.69) is 9.88 Å². The van der Waals surface area contributed by atoms with E-state index in [-0.39, 0.29) is 11.2 Å². The Bertz CT molecular complexity index is 442. The Morgan fingerprint density at radius 3 is 2.50 bits per heavy atom. The average molecular weight is 268 g/mol. The van der Waals surface area contributed by atoms with Gasteiger partial charge in [0.15, 0.2) is 10.9 Å². The first kappa shape index (κ1) is 13.5. The molecule has 0 radical (unpaired) electrons. The molecular formula is C13H20N2O2S. The molecule has 1 aromatic rings. The van der Waals surface area contributed by atoms with E-state index in [0.29, 0.717) is 0 Å². The van der Waals surface area contributed by atoms with Gasteiger partial charge in [-0.25, -0.2) is 4.98 Å². The molecule has 0 unspecified atom stereocenters. The highest BCUT2D eigenvalue weighted by atomic mass is 32.1. The highest BCUT2D eigenvalue weighted by molar-refractivity contribution is 7.17. The fraction of sp³-hybridized carbons (Fsp3) is 0.692. The van der Waals surface area contributed by atoms with Crippen LogP contribution in [-0.2, 0) is 4.74 Å². The lowest BCUT2D eigenvalue weighted by molar-refractivity contribution is 0.0862. The number of morpholine rings is 1. The van der Waals surface area contributed by atoms with Gasteiger partial charge in [0.2, 0.25) is 0 Å². The number of ketones is 1. The highest BCUT2D eigenvalue weighted by Gasteiger charge is 2.28. The number of thiazole rings is 1. The number of carbonyl (C=O) groups is 1. The lowest BCUT2D eigenvalue weighted by Crippen LogP contribution is -2.36. The number of aromatic nitrogens is 1. The van der Waals surface area contributed by atoms with Crippen molar-refractivity contribution in [2.45, 2.75) is 27.7 Å². The van der Waals surface area contributed by atoms with Gasteiger partial charge in [-0.3, -0.25) is 4.79 Å². The zero-order valence-electron chi connectivity index (χ0n) is 11.4. The molecule has 0 atom stereocenters. The van der Waals surface area contributed by atoms with Crippen LogP contribution in [0.15, 0.2) is 0 Å². The zero-order chi connectivity index (χ0) is 13.3. The van der Waals surface area contributed by atoms with Gasteiger partial charge >= 0.3 is 0 Å². The third-order valence-corrected chi connectivity index (χ3v) is 4.17. The summed E-state index contributed by atoms with van der Waals surface area (Å²) in [6.45, 7) is 10.9. The first-order chi connectivity index (χ1) is 8.39. The molecule has 1 aromatic heterocycles. The van der Waals surface area contributed by atoms with Crippen molar-refractivity contribution in [1.29, 1.82) is 0 Å². The van der Waals surface area contributed by atoms with Crippen LogP contribution in [0.4, 0.5) is 5.13 Å². The second-order valence-corrected chi connectivity index (χ2v) is 6.57. The van der Waals surface area contributed by atoms with E-state index < -0.39 is 0 Å². The Kier molecular flexibility index (Phi) is 3.73. The van der Waals surface area contributed by atoms with Crippen molar-refractivity contribution in [3.63, 3.8) is 0 Å². The van der Waals surface area contributed by atoms with Gasteiger partial charge in [-0.2, -0.15) is 0 Å². The van der Waals surface area contributed by atoms with Crippen LogP contribution in [0.3, 0.4) is 0 Å². The molecule has 0 aliphatic carbocycles. The fourth-order valence-corrected chi connectivity index (χ4v) is 3.09. The molecule has 0 bridgehead atoms. The first-order valence-electron chi connectivity index (χ1n) is 6.24. The molecule has 0 amide bonds. The minimum Gasteiger partial charge on any atom is -0.378 e. The fourth-order valence-electron chi connectivity index (χ4n) is 1.82. The largest absolute Gasteiger partial charge is 0.378 e. The number of carbonyl (C=O) groups excluding carboxylic acids is 1. The molecule has 2 heterocycles. The van der Waals surface area contributed by atoms with Crippen LogP contribution in [-0.4, -0.2) is 37.1 Å². The summed E-state index contributed by atoms with van der Waals surface area (Å²) in [5, 5.41) is 0.948. The summed E-state index contributed by atoms with van der Waals surface area (Å²) in [5.41, 5.74) is 0.501. The average Bonchev–Trinajstić information content (AvgIpc) is 2.70. The van der Waals surface area contributed by atoms with E-state index in [9.17, 15) is 4.79 Å². The van der Waals surface area contributed by atoms with Crippen LogP contribution in [0.25, 0.3) is 0 Å². The molecule has 0 aromatic carbocycles. The van der Waals surface area contributed by atoms with Crippen molar-refractivity contribution < 1.29 is 9.53 Å². The number of rotatable bonds is 2. The molecule has 0 saturated carbocycles. The lowest BCUT2D eigenvalue weighted by Gasteiger charge is -2.26. The topological polar surface area (TPSA) is 42.4 Å². The molecule has 100 valence electrons. The zero-order valence-corrected chi connectivity index (χ0v) is 12.3. The molecular weight excluding hydrogens is 248 g/mol. The van der Waals surface area contributed by atoms with E-state index in [1.165, 1.54) is 11.3 Å². The molecule has 2 rings (SSSR count). The SMILES string of the molecule is Cc1nc(N2CCOCC2)sc1C(=O)C(C)(C)C. The maximum Gasteiger partial charge on any atom is 0.186 e. The van der Waals surface area contributed by atoms with Crippen molar-refractivity contribution in [2.24, 2.45) is 5.41 Å². The van der Waals surface area contributed by atoms with E-state index in [1.807, 2.05) is 27.7 Å². The molecule has 5 heteroatoms. The van der Waals surface area contributed by atoms with Crippen molar-refractivity contribution in [1.82, 2.24) is 4.98 Å². The predicted octanol–water partition coefficient (Wildman–Crippen LogP) is 2.52. The first-order valence-corrected chi connectivity index (χ1v) is 7.06. The van der Waals surface area contributed by atoms with Crippen LogP contribution in [0, 0.1) is 12.3 Å². The maximum absolute atomic E-state index is 12.3. The number of hydrogen-bond donors (Lipinski definition) is 0. The number of aryl methyl sites for hydroxylation is 1. The molecule has 0 spiro atoms. The van der Waals surface area contributed by atoms with E-state index in [0.717, 1.165) is 42.0 Å². The number of Topliss-reactive ketones (excluding diaryl/α,β-unsaturated/α-hetero) is 1. The monoisotopic (exact) mass is 268 g/mol. The number of hydrogen-bond acceptors (Lipinski definition) is 5. The van der Waals surface area contributed by atoms with Gasteiger partial charge in [0.1, 0.15) is 0 Å². The summed E-state index contributed by atoms with van der Waals surface area (Å²) in [6, 6.07) is 0. The van der Waals surface area contributed by atoms with Gasteiger partial charge in [-0.1, -0.05) is 32.1 Å². The van der Waals surface area contributed by atoms with Crippen molar-refractivity contribution in [3.8, 4) is 0 Å². The van der Waals surface area contributed by atoms with Crippen LogP contribution in [0.5, 0.6) is 0 Å². The smallest absolute Gasteiger partial charge is 0.186 e. The Morgan fingerprint density at radius 1 is 1.33 bits per heavy atom. The van der Waals surface area contributed by atoms with Gasteiger partial charge < -0.3 is 9.64 Å². The van der Waals surface area contributed by atoms with Crippen LogP contribution in [0.2, 0.25) is 0 Å². The summed E-state index contributed by atoms with van der Waals surface area (Å²) in [7, 11) is 0. The lowest BCUT2D eigenvalue weighted by atomic mass is 9.89. The molecule has 1 fully saturated rings. The van der Waals surface area contributed by atoms with E-state index in [1.54, 1.807) is 0 Å². The Balaban J connectivity index is 2.24. The van der Waals surface area contributed by atoms with Gasteiger partial charge in [0.25, 0.3) is 0 Å². The maximum atomic E-state index is 12.3. The van der Waals surface area contributed by atoms with Gasteiger partial charge in [-0.15, -0.1) is 0 Å². The number of ether oxygens (including phenoxy) is 1. The molecule has 1 saturated heterocycles. The second kappa shape index (κ2) is 4.97. The normalized spacial score (nSPS) is 17.0. The molecule has 1 aliphatic rings. The quantitative estimate of drug-likeness (QED) is 0.773. The van der Waals surface area contributed by atoms with E-state index in [4.69, 9.17) is 4.74 Å². The molecule has 0 N–H and O–H groups in total. The summed E-state index contributed by atoms with van der Waals surface area (Å²) in [6.07, 6.45) is 0. The van der Waals surface area contributed by atoms with Crippen LogP contribution < -0.4 is 4.90 Å². The van der Waals surface area contributed by atoms with Gasteiger partial charge in [0, 0.05) is 18.5 Å². The Hall–Kier alpha value is -0.940.